The van der Waals surface area contributed by atoms with Crippen molar-refractivity contribution in [1.82, 2.24) is 23.9 Å². The molecule has 0 spiro atoms. The van der Waals surface area contributed by atoms with Gasteiger partial charge in [0.25, 0.3) is 0 Å². The van der Waals surface area contributed by atoms with Crippen LogP contribution >= 0.6 is 11.3 Å². The van der Waals surface area contributed by atoms with E-state index in [0.717, 1.165) is 38.7 Å². The van der Waals surface area contributed by atoms with Gasteiger partial charge in [-0.3, -0.25) is 0 Å². The van der Waals surface area contributed by atoms with Crippen molar-refractivity contribution in [3.8, 4) is 51.0 Å². The molecular weight excluding hydrogens is 811 g/mol. The number of benzene rings is 10. The lowest BCUT2D eigenvalue weighted by atomic mass is 9.97. The van der Waals surface area contributed by atoms with E-state index in [2.05, 4.69) is 179 Å². The maximum absolute atomic E-state index is 5.33. The molecule has 0 aliphatic heterocycles. The molecule has 0 fully saturated rings. The van der Waals surface area contributed by atoms with Crippen molar-refractivity contribution in [2.24, 2.45) is 0 Å². The third-order valence-corrected chi connectivity index (χ3v) is 15.3. The summed E-state index contributed by atoms with van der Waals surface area (Å²) in [5, 5.41) is 15.3. The molecule has 0 aliphatic carbocycles. The third kappa shape index (κ3) is 4.34. The number of thiophene rings is 1. The van der Waals surface area contributed by atoms with Gasteiger partial charge in [-0.1, -0.05) is 146 Å². The first-order chi connectivity index (χ1) is 32.2. The fourth-order valence-electron chi connectivity index (χ4n) is 11.5. The van der Waals surface area contributed by atoms with Crippen molar-refractivity contribution in [2.45, 2.75) is 0 Å². The molecule has 65 heavy (non-hydrogen) atoms. The summed E-state index contributed by atoms with van der Waals surface area (Å²) < 4.78 is 7.79. The fraction of sp³-hybridized carbons (Fsp3) is 0. The van der Waals surface area contributed by atoms with E-state index >= 15 is 0 Å². The molecule has 0 amide bonds. The zero-order chi connectivity index (χ0) is 42.1. The third-order valence-electron chi connectivity index (χ3n) is 14.2. The summed E-state index contributed by atoms with van der Waals surface area (Å²) >= 11 is 1.91. The van der Waals surface area contributed by atoms with Crippen LogP contribution in [0.5, 0.6) is 0 Å². The van der Waals surface area contributed by atoms with Gasteiger partial charge >= 0.3 is 0 Å². The average Bonchev–Trinajstić information content (AvgIpc) is 4.09. The van der Waals surface area contributed by atoms with E-state index in [0.29, 0.717) is 17.5 Å². The van der Waals surface area contributed by atoms with Crippen LogP contribution in [0.3, 0.4) is 0 Å². The standard InChI is InChI=1S/C59H31N5S/c1-2-12-33(13-3-1)57-60-58(35-16-8-15-34(31-35)37-20-9-14-32-11-4-5-17-36(32)37)62-59(61-57)44-24-26-45(39-19-7-6-18-38(39)44)63-46-28-30-48-52-50(46)51-47(63)27-23-42-40-21-10-22-41-43-25-29-49(65-48)53(52)56(43)64(54(40)41)55(42)51/h1-31H. The Labute approximate surface area is 374 Å². The van der Waals surface area contributed by atoms with E-state index in [1.165, 1.54) is 96.4 Å². The number of hydrogen-bond acceptors (Lipinski definition) is 4. The minimum Gasteiger partial charge on any atom is -0.309 e. The van der Waals surface area contributed by atoms with Crippen LogP contribution in [0.2, 0.25) is 0 Å². The van der Waals surface area contributed by atoms with E-state index in [1.807, 2.05) is 29.5 Å². The Morgan fingerprint density at radius 2 is 0.923 bits per heavy atom. The van der Waals surface area contributed by atoms with Crippen LogP contribution < -0.4 is 0 Å². The molecule has 5 nitrogen and oxygen atoms in total. The molecule has 0 aliphatic rings. The Balaban J connectivity index is 0.948. The summed E-state index contributed by atoms with van der Waals surface area (Å²) in [6.45, 7) is 0. The van der Waals surface area contributed by atoms with E-state index in [1.54, 1.807) is 0 Å². The molecule has 0 saturated carbocycles. The van der Waals surface area contributed by atoms with Gasteiger partial charge in [0.15, 0.2) is 17.5 Å². The molecular formula is C59H31N5S. The second kappa shape index (κ2) is 12.2. The second-order valence-corrected chi connectivity index (χ2v) is 18.5. The van der Waals surface area contributed by atoms with Gasteiger partial charge < -0.3 is 8.97 Å². The first-order valence-corrected chi connectivity index (χ1v) is 22.9. The van der Waals surface area contributed by atoms with Crippen molar-refractivity contribution in [3.05, 3.63) is 188 Å². The Morgan fingerprint density at radius 3 is 1.80 bits per heavy atom. The lowest BCUT2D eigenvalue weighted by Gasteiger charge is -2.15. The molecule has 0 unspecified atom stereocenters. The van der Waals surface area contributed by atoms with Crippen LogP contribution in [0.1, 0.15) is 0 Å². The van der Waals surface area contributed by atoms with Crippen molar-refractivity contribution in [3.63, 3.8) is 0 Å². The smallest absolute Gasteiger partial charge is 0.164 e. The van der Waals surface area contributed by atoms with Crippen LogP contribution in [0.15, 0.2) is 188 Å². The van der Waals surface area contributed by atoms with Crippen molar-refractivity contribution in [1.29, 1.82) is 0 Å². The van der Waals surface area contributed by atoms with E-state index < -0.39 is 0 Å². The molecule has 6 aromatic heterocycles. The Kier molecular flexibility index (Phi) is 6.38. The normalized spacial score (nSPS) is 12.6. The molecule has 0 radical (unpaired) electrons. The number of hydrogen-bond donors (Lipinski definition) is 0. The van der Waals surface area contributed by atoms with Crippen LogP contribution in [0, 0.1) is 0 Å². The van der Waals surface area contributed by atoms with Gasteiger partial charge in [-0.2, -0.15) is 0 Å². The molecule has 16 aromatic rings. The molecule has 298 valence electrons. The van der Waals surface area contributed by atoms with Gasteiger partial charge in [0.2, 0.25) is 0 Å². The lowest BCUT2D eigenvalue weighted by Crippen LogP contribution is -2.02. The minimum atomic E-state index is 0.635. The molecule has 6 heterocycles. The molecule has 6 heteroatoms. The summed E-state index contributed by atoms with van der Waals surface area (Å²) in [5.74, 6) is 1.91. The summed E-state index contributed by atoms with van der Waals surface area (Å²) in [4.78, 5) is 15.7. The predicted octanol–water partition coefficient (Wildman–Crippen LogP) is 15.8. The van der Waals surface area contributed by atoms with Gasteiger partial charge in [-0.05, 0) is 69.8 Å². The van der Waals surface area contributed by atoms with Gasteiger partial charge in [-0.25, -0.2) is 15.0 Å². The zero-order valence-corrected chi connectivity index (χ0v) is 35.4. The van der Waals surface area contributed by atoms with Crippen LogP contribution in [-0.4, -0.2) is 23.9 Å². The van der Waals surface area contributed by atoms with Crippen LogP contribution in [-0.2, 0) is 0 Å². The highest BCUT2D eigenvalue weighted by Crippen LogP contribution is 2.53. The van der Waals surface area contributed by atoms with Crippen LogP contribution in [0.25, 0.3) is 153 Å². The number of aromatic nitrogens is 5. The SMILES string of the molecule is c1ccc(-c2nc(-c3cccc(-c4cccc5ccccc45)c3)nc(-c3ccc(-n4c5ccc6sc7ccc8c9cccc%10c%11ccc4c4c5c6c7c8n(c9%10)c%114)c4ccccc34)n2)cc1. The predicted molar refractivity (Wildman–Crippen MR) is 272 cm³/mol. The fourth-order valence-corrected chi connectivity index (χ4v) is 12.7. The summed E-state index contributed by atoms with van der Waals surface area (Å²) in [5.41, 5.74) is 12.7. The Morgan fingerprint density at radius 1 is 0.338 bits per heavy atom. The van der Waals surface area contributed by atoms with Gasteiger partial charge in [0.1, 0.15) is 0 Å². The number of nitrogens with zero attached hydrogens (tertiary/aromatic N) is 5. The number of rotatable bonds is 5. The highest BCUT2D eigenvalue weighted by atomic mass is 32.1. The average molecular weight is 842 g/mol. The Bertz CT molecular complexity index is 4590. The van der Waals surface area contributed by atoms with E-state index in [4.69, 9.17) is 15.0 Å². The highest BCUT2D eigenvalue weighted by Gasteiger charge is 2.29. The van der Waals surface area contributed by atoms with Crippen LogP contribution in [0.4, 0.5) is 0 Å². The van der Waals surface area contributed by atoms with Crippen molar-refractivity contribution in [2.75, 3.05) is 0 Å². The van der Waals surface area contributed by atoms with Gasteiger partial charge in [-0.15, -0.1) is 11.3 Å². The summed E-state index contributed by atoms with van der Waals surface area (Å²) in [6, 6.07) is 68.1. The number of fused-ring (bicyclic) bond motifs is 4. The van der Waals surface area contributed by atoms with E-state index in [9.17, 15) is 0 Å². The molecule has 0 bridgehead atoms. The molecule has 0 atom stereocenters. The first kappa shape index (κ1) is 34.1. The zero-order valence-electron chi connectivity index (χ0n) is 34.5. The number of para-hydroxylation sites is 1. The molecule has 10 aromatic carbocycles. The van der Waals surface area contributed by atoms with Crippen molar-refractivity contribution >= 4 is 113 Å². The summed E-state index contributed by atoms with van der Waals surface area (Å²) in [7, 11) is 0. The van der Waals surface area contributed by atoms with Crippen molar-refractivity contribution < 1.29 is 0 Å². The molecule has 0 N–H and O–H groups in total. The van der Waals surface area contributed by atoms with Gasteiger partial charge in [0.05, 0.1) is 33.3 Å². The molecule has 16 rings (SSSR count). The summed E-state index contributed by atoms with van der Waals surface area (Å²) in [6.07, 6.45) is 0. The lowest BCUT2D eigenvalue weighted by molar-refractivity contribution is 1.08. The Hall–Kier alpha value is -8.45. The second-order valence-electron chi connectivity index (χ2n) is 17.5. The van der Waals surface area contributed by atoms with Gasteiger partial charge in [0, 0.05) is 74.6 Å². The van der Waals surface area contributed by atoms with E-state index in [-0.39, 0.29) is 0 Å². The quantitative estimate of drug-likeness (QED) is 0.173. The molecule has 0 saturated heterocycles. The monoisotopic (exact) mass is 841 g/mol. The largest absolute Gasteiger partial charge is 0.309 e. The topological polar surface area (TPSA) is 48.0 Å². The maximum atomic E-state index is 5.33. The minimum absolute atomic E-state index is 0.635. The highest BCUT2D eigenvalue weighted by molar-refractivity contribution is 7.26. The first-order valence-electron chi connectivity index (χ1n) is 22.1. The maximum Gasteiger partial charge on any atom is 0.164 e.